The van der Waals surface area contributed by atoms with Crippen LogP contribution in [0.15, 0.2) is 23.6 Å². The minimum Gasteiger partial charge on any atom is -0.357 e. The van der Waals surface area contributed by atoms with Crippen LogP contribution in [0.3, 0.4) is 0 Å². The first-order valence-corrected chi connectivity index (χ1v) is 8.90. The fourth-order valence-electron chi connectivity index (χ4n) is 2.92. The predicted molar refractivity (Wildman–Crippen MR) is 109 cm³/mol. The number of guanidine groups is 1. The van der Waals surface area contributed by atoms with Crippen LogP contribution < -0.4 is 5.32 Å². The van der Waals surface area contributed by atoms with Crippen LogP contribution in [-0.4, -0.2) is 45.3 Å². The topological polar surface area (TPSA) is 58.3 Å². The highest BCUT2D eigenvalue weighted by molar-refractivity contribution is 14.0. The van der Waals surface area contributed by atoms with Crippen molar-refractivity contribution in [2.24, 2.45) is 12.0 Å². The second-order valence-electron chi connectivity index (χ2n) is 5.91. The average Bonchev–Trinajstić information content (AvgIpc) is 3.24. The average molecular weight is 460 g/mol. The van der Waals surface area contributed by atoms with Crippen molar-refractivity contribution < 1.29 is 0 Å². The van der Waals surface area contributed by atoms with Gasteiger partial charge in [-0.25, -0.2) is 9.98 Å². The molecule has 1 unspecified atom stereocenters. The van der Waals surface area contributed by atoms with Crippen molar-refractivity contribution in [3.63, 3.8) is 0 Å². The summed E-state index contributed by atoms with van der Waals surface area (Å²) in [6, 6.07) is 0. The SMILES string of the molecule is CCNC(=NCc1ncc(C)s1)N1CCC(c2cnn(C)c2)C1.I. The van der Waals surface area contributed by atoms with Gasteiger partial charge in [0.15, 0.2) is 5.96 Å². The number of aromatic nitrogens is 3. The standard InChI is InChI=1S/C16H24N6S.HI/c1-4-17-16(19-9-15-18-7-12(2)23-15)22-6-5-13(11-22)14-8-20-21(3)10-14;/h7-8,10,13H,4-6,9,11H2,1-3H3,(H,17,19);1H. The first-order valence-electron chi connectivity index (χ1n) is 8.08. The molecule has 0 aliphatic carbocycles. The third-order valence-corrected chi connectivity index (χ3v) is 4.95. The molecule has 0 saturated carbocycles. The summed E-state index contributed by atoms with van der Waals surface area (Å²) in [6.07, 6.45) is 7.16. The molecule has 24 heavy (non-hydrogen) atoms. The molecular weight excluding hydrogens is 435 g/mol. The summed E-state index contributed by atoms with van der Waals surface area (Å²) in [5, 5.41) is 8.77. The molecule has 6 nitrogen and oxygen atoms in total. The fourth-order valence-corrected chi connectivity index (χ4v) is 3.63. The Hall–Kier alpha value is -1.16. The van der Waals surface area contributed by atoms with Crippen molar-refractivity contribution >= 4 is 41.3 Å². The number of rotatable bonds is 4. The number of hydrogen-bond acceptors (Lipinski definition) is 4. The van der Waals surface area contributed by atoms with E-state index in [9.17, 15) is 0 Å². The maximum absolute atomic E-state index is 4.77. The summed E-state index contributed by atoms with van der Waals surface area (Å²) in [7, 11) is 1.97. The fraction of sp³-hybridized carbons (Fsp3) is 0.562. The number of nitrogens with one attached hydrogen (secondary N) is 1. The number of nitrogens with zero attached hydrogens (tertiary/aromatic N) is 5. The zero-order valence-electron chi connectivity index (χ0n) is 14.4. The van der Waals surface area contributed by atoms with Crippen molar-refractivity contribution in [3.05, 3.63) is 34.0 Å². The Morgan fingerprint density at radius 2 is 2.29 bits per heavy atom. The molecule has 3 heterocycles. The van der Waals surface area contributed by atoms with Crippen LogP contribution >= 0.6 is 35.3 Å². The van der Waals surface area contributed by atoms with Gasteiger partial charge < -0.3 is 10.2 Å². The van der Waals surface area contributed by atoms with Gasteiger partial charge in [0.25, 0.3) is 0 Å². The predicted octanol–water partition coefficient (Wildman–Crippen LogP) is 2.76. The van der Waals surface area contributed by atoms with Crippen molar-refractivity contribution in [1.29, 1.82) is 0 Å². The Morgan fingerprint density at radius 3 is 2.92 bits per heavy atom. The first kappa shape index (κ1) is 19.2. The Labute approximate surface area is 164 Å². The number of hydrogen-bond donors (Lipinski definition) is 1. The van der Waals surface area contributed by atoms with Crippen LogP contribution in [0, 0.1) is 6.92 Å². The van der Waals surface area contributed by atoms with Crippen molar-refractivity contribution in [1.82, 2.24) is 25.0 Å². The Morgan fingerprint density at radius 1 is 1.46 bits per heavy atom. The molecule has 3 rings (SSSR count). The quantitative estimate of drug-likeness (QED) is 0.433. The van der Waals surface area contributed by atoms with E-state index in [1.165, 1.54) is 10.4 Å². The zero-order valence-corrected chi connectivity index (χ0v) is 17.5. The molecular formula is C16H25IN6S. The van der Waals surface area contributed by atoms with Gasteiger partial charge in [-0.1, -0.05) is 0 Å². The van der Waals surface area contributed by atoms with E-state index >= 15 is 0 Å². The number of thiazole rings is 1. The molecule has 2 aromatic rings. The Bertz CT molecular complexity index is 680. The lowest BCUT2D eigenvalue weighted by Crippen LogP contribution is -2.40. The molecule has 1 fully saturated rings. The minimum atomic E-state index is 0. The molecule has 0 amide bonds. The summed E-state index contributed by atoms with van der Waals surface area (Å²) >= 11 is 1.72. The van der Waals surface area contributed by atoms with E-state index in [0.717, 1.165) is 37.0 Å². The molecule has 0 aromatic carbocycles. The highest BCUT2D eigenvalue weighted by Gasteiger charge is 2.26. The second-order valence-corrected chi connectivity index (χ2v) is 7.23. The van der Waals surface area contributed by atoms with E-state index in [1.807, 2.05) is 24.1 Å². The number of likely N-dealkylation sites (tertiary alicyclic amines) is 1. The third-order valence-electron chi connectivity index (χ3n) is 4.05. The van der Waals surface area contributed by atoms with Crippen molar-refractivity contribution in [2.75, 3.05) is 19.6 Å². The molecule has 132 valence electrons. The van der Waals surface area contributed by atoms with Crippen LogP contribution in [0.5, 0.6) is 0 Å². The molecule has 0 bridgehead atoms. The summed E-state index contributed by atoms with van der Waals surface area (Å²) in [5.74, 6) is 1.53. The molecule has 1 aliphatic heterocycles. The summed E-state index contributed by atoms with van der Waals surface area (Å²) in [4.78, 5) is 12.7. The summed E-state index contributed by atoms with van der Waals surface area (Å²) in [5.41, 5.74) is 1.32. The highest BCUT2D eigenvalue weighted by atomic mass is 127. The molecule has 1 N–H and O–H groups in total. The molecule has 1 aliphatic rings. The van der Waals surface area contributed by atoms with Gasteiger partial charge in [-0.2, -0.15) is 5.10 Å². The molecule has 1 saturated heterocycles. The van der Waals surface area contributed by atoms with Crippen LogP contribution in [0.25, 0.3) is 0 Å². The van der Waals surface area contributed by atoms with Gasteiger partial charge in [0.05, 0.1) is 12.7 Å². The van der Waals surface area contributed by atoms with Gasteiger partial charge >= 0.3 is 0 Å². The van der Waals surface area contributed by atoms with Gasteiger partial charge in [-0.05, 0) is 25.8 Å². The lowest BCUT2D eigenvalue weighted by atomic mass is 10.0. The van der Waals surface area contributed by atoms with E-state index in [4.69, 9.17) is 4.99 Å². The Balaban J connectivity index is 0.00000208. The van der Waals surface area contributed by atoms with Crippen LogP contribution in [0.1, 0.15) is 34.7 Å². The van der Waals surface area contributed by atoms with E-state index in [0.29, 0.717) is 12.5 Å². The summed E-state index contributed by atoms with van der Waals surface area (Å²) < 4.78 is 1.88. The van der Waals surface area contributed by atoms with E-state index in [2.05, 4.69) is 40.3 Å². The minimum absolute atomic E-state index is 0. The van der Waals surface area contributed by atoms with Gasteiger partial charge in [-0.15, -0.1) is 35.3 Å². The van der Waals surface area contributed by atoms with Gasteiger partial charge in [0, 0.05) is 49.9 Å². The molecule has 0 spiro atoms. The number of halogens is 1. The molecule has 1 atom stereocenters. The van der Waals surface area contributed by atoms with Gasteiger partial charge in [0.1, 0.15) is 5.01 Å². The molecule has 0 radical (unpaired) electrons. The van der Waals surface area contributed by atoms with Crippen LogP contribution in [0.2, 0.25) is 0 Å². The molecule has 8 heteroatoms. The lowest BCUT2D eigenvalue weighted by molar-refractivity contribution is 0.486. The second kappa shape index (κ2) is 8.80. The maximum Gasteiger partial charge on any atom is 0.194 e. The van der Waals surface area contributed by atoms with Crippen LogP contribution in [-0.2, 0) is 13.6 Å². The highest BCUT2D eigenvalue weighted by Crippen LogP contribution is 2.26. The van der Waals surface area contributed by atoms with Gasteiger partial charge in [0.2, 0.25) is 0 Å². The largest absolute Gasteiger partial charge is 0.357 e. The third kappa shape index (κ3) is 4.69. The van der Waals surface area contributed by atoms with E-state index in [1.54, 1.807) is 11.3 Å². The monoisotopic (exact) mass is 460 g/mol. The number of aryl methyl sites for hydroxylation is 2. The van der Waals surface area contributed by atoms with Crippen molar-refractivity contribution in [2.45, 2.75) is 32.7 Å². The summed E-state index contributed by atoms with van der Waals surface area (Å²) in [6.45, 7) is 7.74. The normalized spacial score (nSPS) is 17.9. The van der Waals surface area contributed by atoms with Crippen LogP contribution in [0.4, 0.5) is 0 Å². The maximum atomic E-state index is 4.77. The van der Waals surface area contributed by atoms with Gasteiger partial charge in [-0.3, -0.25) is 4.68 Å². The lowest BCUT2D eigenvalue weighted by Gasteiger charge is -2.21. The first-order chi connectivity index (χ1) is 11.2. The zero-order chi connectivity index (χ0) is 16.2. The van der Waals surface area contributed by atoms with Crippen molar-refractivity contribution in [3.8, 4) is 0 Å². The number of aliphatic imine (C=N–C) groups is 1. The Kier molecular flexibility index (Phi) is 7.02. The smallest absolute Gasteiger partial charge is 0.194 e. The van der Waals surface area contributed by atoms with E-state index < -0.39 is 0 Å². The van der Waals surface area contributed by atoms with E-state index in [-0.39, 0.29) is 24.0 Å². The molecule has 2 aromatic heterocycles.